The number of amides is 1. The topological polar surface area (TPSA) is 46.9 Å². The molecule has 4 aromatic rings. The van der Waals surface area contributed by atoms with E-state index < -0.39 is 0 Å². The molecule has 30 heavy (non-hydrogen) atoms. The minimum Gasteiger partial charge on any atom is -0.345 e. The molecule has 0 fully saturated rings. The van der Waals surface area contributed by atoms with Gasteiger partial charge < -0.3 is 5.32 Å². The molecule has 0 aliphatic rings. The molecule has 0 unspecified atom stereocenters. The lowest BCUT2D eigenvalue weighted by atomic mass is 9.98. The van der Waals surface area contributed by atoms with Crippen molar-refractivity contribution in [2.75, 3.05) is 0 Å². The third-order valence-electron chi connectivity index (χ3n) is 5.35. The van der Waals surface area contributed by atoms with E-state index in [0.29, 0.717) is 6.42 Å². The van der Waals surface area contributed by atoms with Crippen LogP contribution >= 0.6 is 0 Å². The van der Waals surface area contributed by atoms with Crippen molar-refractivity contribution in [2.45, 2.75) is 26.3 Å². The molecule has 1 N–H and O–H groups in total. The van der Waals surface area contributed by atoms with E-state index in [1.165, 1.54) is 0 Å². The zero-order chi connectivity index (χ0) is 20.9. The van der Waals surface area contributed by atoms with E-state index in [-0.39, 0.29) is 11.9 Å². The van der Waals surface area contributed by atoms with Gasteiger partial charge in [0.05, 0.1) is 23.8 Å². The largest absolute Gasteiger partial charge is 0.345 e. The number of carbonyl (C=O) groups is 1. The van der Waals surface area contributed by atoms with Crippen molar-refractivity contribution in [3.63, 3.8) is 0 Å². The number of aryl methyl sites for hydroxylation is 1. The number of para-hydroxylation sites is 1. The first-order chi connectivity index (χ1) is 14.6. The van der Waals surface area contributed by atoms with Crippen LogP contribution in [0.15, 0.2) is 91.0 Å². The Hall–Kier alpha value is -3.66. The first-order valence-corrected chi connectivity index (χ1v) is 10.1. The molecule has 4 nitrogen and oxygen atoms in total. The van der Waals surface area contributed by atoms with E-state index in [1.807, 2.05) is 110 Å². The van der Waals surface area contributed by atoms with Gasteiger partial charge >= 0.3 is 0 Å². The van der Waals surface area contributed by atoms with Crippen LogP contribution in [0, 0.1) is 13.8 Å². The zero-order valence-corrected chi connectivity index (χ0v) is 17.2. The molecule has 0 radical (unpaired) electrons. The Bertz CT molecular complexity index is 1080. The fraction of sp³-hybridized carbons (Fsp3) is 0.154. The SMILES string of the molecule is Cc1nn(-c2ccccc2)c(C)c1CC(=O)NC(c1ccccc1)c1ccccc1. The van der Waals surface area contributed by atoms with Crippen LogP contribution in [-0.4, -0.2) is 15.7 Å². The monoisotopic (exact) mass is 395 g/mol. The molecule has 1 aromatic heterocycles. The van der Waals surface area contributed by atoms with E-state index >= 15 is 0 Å². The summed E-state index contributed by atoms with van der Waals surface area (Å²) >= 11 is 0. The smallest absolute Gasteiger partial charge is 0.225 e. The Morgan fingerprint density at radius 1 is 0.833 bits per heavy atom. The average Bonchev–Trinajstić information content (AvgIpc) is 3.07. The lowest BCUT2D eigenvalue weighted by Crippen LogP contribution is -2.30. The minimum absolute atomic E-state index is 0.0217. The Balaban J connectivity index is 1.58. The van der Waals surface area contributed by atoms with E-state index in [1.54, 1.807) is 0 Å². The average molecular weight is 396 g/mol. The molecule has 3 aromatic carbocycles. The van der Waals surface area contributed by atoms with Crippen molar-refractivity contribution >= 4 is 5.91 Å². The van der Waals surface area contributed by atoms with Crippen LogP contribution in [-0.2, 0) is 11.2 Å². The Kier molecular flexibility index (Phi) is 5.75. The van der Waals surface area contributed by atoms with Gasteiger partial charge in [-0.25, -0.2) is 4.68 Å². The summed E-state index contributed by atoms with van der Waals surface area (Å²) in [6.45, 7) is 3.97. The van der Waals surface area contributed by atoms with Crippen LogP contribution in [0.3, 0.4) is 0 Å². The highest BCUT2D eigenvalue weighted by Crippen LogP contribution is 2.23. The standard InChI is InChI=1S/C26H25N3O/c1-19-24(20(2)29(28-19)23-16-10-5-11-17-23)18-25(30)27-26(21-12-6-3-7-13-21)22-14-8-4-9-15-22/h3-17,26H,18H2,1-2H3,(H,27,30). The van der Waals surface area contributed by atoms with E-state index in [0.717, 1.165) is 33.8 Å². The first-order valence-electron chi connectivity index (χ1n) is 10.1. The van der Waals surface area contributed by atoms with Gasteiger partial charge in [0.2, 0.25) is 5.91 Å². The summed E-state index contributed by atoms with van der Waals surface area (Å²) in [5, 5.41) is 7.89. The van der Waals surface area contributed by atoms with Crippen LogP contribution in [0.4, 0.5) is 0 Å². The lowest BCUT2D eigenvalue weighted by Gasteiger charge is -2.20. The van der Waals surface area contributed by atoms with Gasteiger partial charge in [0, 0.05) is 11.3 Å². The molecular formula is C26H25N3O. The van der Waals surface area contributed by atoms with E-state index in [2.05, 4.69) is 10.4 Å². The maximum Gasteiger partial charge on any atom is 0.225 e. The van der Waals surface area contributed by atoms with Crippen LogP contribution in [0.2, 0.25) is 0 Å². The van der Waals surface area contributed by atoms with E-state index in [9.17, 15) is 4.79 Å². The van der Waals surface area contributed by atoms with E-state index in [4.69, 9.17) is 0 Å². The number of carbonyl (C=O) groups excluding carboxylic acids is 1. The van der Waals surface area contributed by atoms with Gasteiger partial charge in [-0.05, 0) is 37.1 Å². The van der Waals surface area contributed by atoms with Crippen LogP contribution < -0.4 is 5.32 Å². The van der Waals surface area contributed by atoms with Crippen molar-refractivity contribution in [1.29, 1.82) is 0 Å². The molecular weight excluding hydrogens is 370 g/mol. The quantitative estimate of drug-likeness (QED) is 0.503. The molecule has 1 heterocycles. The number of nitrogens with one attached hydrogen (secondary N) is 1. The van der Waals surface area contributed by atoms with Crippen molar-refractivity contribution in [1.82, 2.24) is 15.1 Å². The second-order valence-corrected chi connectivity index (χ2v) is 7.40. The Morgan fingerprint density at radius 2 is 1.33 bits per heavy atom. The maximum absolute atomic E-state index is 13.1. The second-order valence-electron chi connectivity index (χ2n) is 7.40. The molecule has 1 amide bonds. The van der Waals surface area contributed by atoms with Gasteiger partial charge in [0.1, 0.15) is 0 Å². The van der Waals surface area contributed by atoms with Crippen LogP contribution in [0.25, 0.3) is 5.69 Å². The maximum atomic E-state index is 13.1. The summed E-state index contributed by atoms with van der Waals surface area (Å²) in [5.74, 6) is -0.0217. The molecule has 0 spiro atoms. The van der Waals surface area contributed by atoms with Crippen LogP contribution in [0.5, 0.6) is 0 Å². The lowest BCUT2D eigenvalue weighted by molar-refractivity contribution is -0.121. The Morgan fingerprint density at radius 3 is 1.87 bits per heavy atom. The number of rotatable bonds is 6. The number of nitrogens with zero attached hydrogens (tertiary/aromatic N) is 2. The molecule has 0 atom stereocenters. The summed E-state index contributed by atoms with van der Waals surface area (Å²) in [6.07, 6.45) is 0.292. The summed E-state index contributed by atoms with van der Waals surface area (Å²) in [7, 11) is 0. The Labute approximate surface area is 177 Å². The van der Waals surface area contributed by atoms with Crippen LogP contribution in [0.1, 0.15) is 34.1 Å². The highest BCUT2D eigenvalue weighted by Gasteiger charge is 2.20. The molecule has 0 bridgehead atoms. The number of hydrogen-bond donors (Lipinski definition) is 1. The van der Waals surface area contributed by atoms with Crippen molar-refractivity contribution < 1.29 is 4.79 Å². The third-order valence-corrected chi connectivity index (χ3v) is 5.35. The van der Waals surface area contributed by atoms with Crippen molar-refractivity contribution in [3.8, 4) is 5.69 Å². The number of benzene rings is 3. The zero-order valence-electron chi connectivity index (χ0n) is 17.2. The normalized spacial score (nSPS) is 10.9. The number of hydrogen-bond acceptors (Lipinski definition) is 2. The molecule has 0 saturated carbocycles. The molecule has 4 heteroatoms. The second kappa shape index (κ2) is 8.78. The third kappa shape index (κ3) is 4.18. The minimum atomic E-state index is -0.190. The molecule has 0 saturated heterocycles. The molecule has 150 valence electrons. The van der Waals surface area contributed by atoms with Gasteiger partial charge in [-0.15, -0.1) is 0 Å². The van der Waals surface area contributed by atoms with Crippen molar-refractivity contribution in [3.05, 3.63) is 119 Å². The predicted octanol–water partition coefficient (Wildman–Crippen LogP) is 4.94. The summed E-state index contributed by atoms with van der Waals surface area (Å²) in [5.41, 5.74) is 5.95. The summed E-state index contributed by atoms with van der Waals surface area (Å²) in [4.78, 5) is 13.1. The molecule has 4 rings (SSSR count). The molecule has 0 aliphatic heterocycles. The fourth-order valence-electron chi connectivity index (χ4n) is 3.77. The van der Waals surface area contributed by atoms with Gasteiger partial charge in [-0.1, -0.05) is 78.9 Å². The van der Waals surface area contributed by atoms with Gasteiger partial charge in [-0.2, -0.15) is 5.10 Å². The summed E-state index contributed by atoms with van der Waals surface area (Å²) < 4.78 is 1.91. The highest BCUT2D eigenvalue weighted by atomic mass is 16.1. The summed E-state index contributed by atoms with van der Waals surface area (Å²) in [6, 6.07) is 29.9. The number of aromatic nitrogens is 2. The predicted molar refractivity (Wildman–Crippen MR) is 120 cm³/mol. The molecule has 0 aliphatic carbocycles. The fourth-order valence-corrected chi connectivity index (χ4v) is 3.77. The van der Waals surface area contributed by atoms with Gasteiger partial charge in [0.25, 0.3) is 0 Å². The first kappa shape index (κ1) is 19.6. The van der Waals surface area contributed by atoms with Gasteiger partial charge in [0.15, 0.2) is 0 Å². The van der Waals surface area contributed by atoms with Gasteiger partial charge in [-0.3, -0.25) is 4.79 Å². The van der Waals surface area contributed by atoms with Crippen molar-refractivity contribution in [2.24, 2.45) is 0 Å². The highest BCUT2D eigenvalue weighted by molar-refractivity contribution is 5.80.